The van der Waals surface area contributed by atoms with Crippen molar-refractivity contribution in [2.24, 2.45) is 0 Å². The minimum Gasteiger partial charge on any atom is -0.478 e. The maximum absolute atomic E-state index is 16.6. The number of carbonyl (C=O) groups excluding carboxylic acids is 2. The van der Waals surface area contributed by atoms with Crippen molar-refractivity contribution >= 4 is 37.0 Å². The van der Waals surface area contributed by atoms with E-state index in [0.717, 1.165) is 12.3 Å². The van der Waals surface area contributed by atoms with Crippen LogP contribution in [0.1, 0.15) is 49.2 Å². The van der Waals surface area contributed by atoms with Gasteiger partial charge in [-0.15, -0.1) is 0 Å². The zero-order valence-electron chi connectivity index (χ0n) is 28.6. The Hall–Kier alpha value is -3.72. The topological polar surface area (TPSA) is 87.2 Å². The summed E-state index contributed by atoms with van der Waals surface area (Å²) in [5.74, 6) is -3.68. The van der Waals surface area contributed by atoms with Crippen molar-refractivity contribution in [3.8, 4) is 5.88 Å². The predicted molar refractivity (Wildman–Crippen MR) is 177 cm³/mol. The lowest BCUT2D eigenvalue weighted by molar-refractivity contribution is -0.138. The predicted octanol–water partition coefficient (Wildman–Crippen LogP) is 7.12. The summed E-state index contributed by atoms with van der Waals surface area (Å²) in [6.07, 6.45) is -3.42. The van der Waals surface area contributed by atoms with E-state index in [0.29, 0.717) is 31.7 Å². The van der Waals surface area contributed by atoms with Gasteiger partial charge in [0.1, 0.15) is 17.1 Å². The van der Waals surface area contributed by atoms with Gasteiger partial charge in [0.05, 0.1) is 29.0 Å². The van der Waals surface area contributed by atoms with Gasteiger partial charge in [0, 0.05) is 65.2 Å². The van der Waals surface area contributed by atoms with E-state index in [-0.39, 0.29) is 42.9 Å². The molecule has 15 heteroatoms. The lowest BCUT2D eigenvalue weighted by atomic mass is 10.0. The number of carbonyl (C=O) groups is 2. The maximum Gasteiger partial charge on any atom is 0.417 e. The third-order valence-electron chi connectivity index (χ3n) is 8.16. The molecule has 9 nitrogen and oxygen atoms in total. The number of nitrogens with one attached hydrogen (secondary N) is 1. The van der Waals surface area contributed by atoms with Gasteiger partial charge in [-0.05, 0) is 46.4 Å². The summed E-state index contributed by atoms with van der Waals surface area (Å²) in [5.41, 5.74) is -3.81. The number of benzene rings is 1. The fourth-order valence-electron chi connectivity index (χ4n) is 5.31. The summed E-state index contributed by atoms with van der Waals surface area (Å²) in [6.45, 7) is 14.5. The number of rotatable bonds is 8. The SMILES string of the molecule is CC1CN(c2cc(F)c(C3=CCN(C(=O)OC(C)(C)C)C3)c(F)c2NC(=O)c2cnc(OCC[Si](C)(C)C)cc2C(F)(F)F)CCN1C. The number of anilines is 2. The molecule has 1 aromatic heterocycles. The Balaban J connectivity index is 1.72. The normalized spacial score (nSPS) is 17.8. The quantitative estimate of drug-likeness (QED) is 0.232. The summed E-state index contributed by atoms with van der Waals surface area (Å²) in [5, 5.41) is 2.33. The van der Waals surface area contributed by atoms with Gasteiger partial charge < -0.3 is 29.5 Å². The fourth-order valence-corrected chi connectivity index (χ4v) is 6.03. The van der Waals surface area contributed by atoms with Crippen LogP contribution in [0.15, 0.2) is 24.4 Å². The van der Waals surface area contributed by atoms with E-state index in [1.807, 2.05) is 14.0 Å². The molecule has 1 aromatic carbocycles. The third kappa shape index (κ3) is 9.04. The molecule has 2 amide bonds. The second-order valence-electron chi connectivity index (χ2n) is 14.5. The van der Waals surface area contributed by atoms with Crippen LogP contribution in [0.4, 0.5) is 38.1 Å². The molecule has 0 saturated carbocycles. The monoisotopic (exact) mass is 697 g/mol. The summed E-state index contributed by atoms with van der Waals surface area (Å²) in [7, 11) is 0.362. The number of likely N-dealkylation sites (N-methyl/N-ethyl adjacent to an activating group) is 1. The average molecular weight is 698 g/mol. The Morgan fingerprint density at radius 3 is 2.40 bits per heavy atom. The number of pyridine rings is 1. The molecule has 0 spiro atoms. The first kappa shape index (κ1) is 37.1. The first-order chi connectivity index (χ1) is 22.1. The summed E-state index contributed by atoms with van der Waals surface area (Å²) in [6, 6.07) is 2.39. The highest BCUT2D eigenvalue weighted by Crippen LogP contribution is 2.40. The van der Waals surface area contributed by atoms with E-state index < -0.39 is 65.9 Å². The van der Waals surface area contributed by atoms with Crippen LogP contribution in [-0.4, -0.2) is 92.9 Å². The number of hydrogen-bond donors (Lipinski definition) is 1. The van der Waals surface area contributed by atoms with E-state index in [9.17, 15) is 22.8 Å². The van der Waals surface area contributed by atoms with Gasteiger partial charge in [-0.25, -0.2) is 18.6 Å². The van der Waals surface area contributed by atoms with Crippen LogP contribution in [0.5, 0.6) is 5.88 Å². The van der Waals surface area contributed by atoms with E-state index in [2.05, 4.69) is 34.8 Å². The maximum atomic E-state index is 16.6. The van der Waals surface area contributed by atoms with Gasteiger partial charge >= 0.3 is 12.3 Å². The van der Waals surface area contributed by atoms with Crippen molar-refractivity contribution in [1.29, 1.82) is 0 Å². The molecule has 2 aromatic rings. The third-order valence-corrected chi connectivity index (χ3v) is 9.86. The largest absolute Gasteiger partial charge is 0.478 e. The molecule has 1 saturated heterocycles. The van der Waals surface area contributed by atoms with Crippen LogP contribution < -0.4 is 15.0 Å². The first-order valence-electron chi connectivity index (χ1n) is 15.8. The van der Waals surface area contributed by atoms with E-state index in [1.165, 1.54) is 11.0 Å². The van der Waals surface area contributed by atoms with Gasteiger partial charge in [-0.3, -0.25) is 4.79 Å². The van der Waals surface area contributed by atoms with Crippen LogP contribution in [0, 0.1) is 11.6 Å². The Kier molecular flexibility index (Phi) is 10.8. The molecule has 0 bridgehead atoms. The molecule has 48 heavy (non-hydrogen) atoms. The van der Waals surface area contributed by atoms with Crippen LogP contribution in [0.3, 0.4) is 0 Å². The number of piperazine rings is 1. The van der Waals surface area contributed by atoms with Gasteiger partial charge in [0.2, 0.25) is 5.88 Å². The van der Waals surface area contributed by atoms with Crippen molar-refractivity contribution in [1.82, 2.24) is 14.8 Å². The Morgan fingerprint density at radius 2 is 1.79 bits per heavy atom. The molecule has 2 aliphatic heterocycles. The molecule has 1 atom stereocenters. The number of ether oxygens (including phenoxy) is 2. The van der Waals surface area contributed by atoms with Crippen LogP contribution >= 0.6 is 0 Å². The lowest BCUT2D eigenvalue weighted by Crippen LogP contribution is -2.50. The number of hydrogen-bond acceptors (Lipinski definition) is 7. The zero-order valence-corrected chi connectivity index (χ0v) is 29.6. The van der Waals surface area contributed by atoms with Crippen LogP contribution in [0.25, 0.3) is 5.57 Å². The van der Waals surface area contributed by atoms with Crippen molar-refractivity contribution in [2.45, 2.75) is 71.2 Å². The molecule has 264 valence electrons. The van der Waals surface area contributed by atoms with E-state index in [4.69, 9.17) is 9.47 Å². The second-order valence-corrected chi connectivity index (χ2v) is 20.1. The standard InChI is InChI=1S/C33H44F5N5O4Si/c1-20-18-42(12-11-41(20)5)25-16-24(34)27(21-9-10-43(19-21)31(45)47-32(2,3)4)28(35)29(25)40-30(44)22-17-39-26(15-23(22)33(36,37)38)46-13-14-48(6,7)8/h9,15-17,20H,10-14,18-19H2,1-8H3,(H,40,44). The van der Waals surface area contributed by atoms with Crippen molar-refractivity contribution < 1.29 is 41.0 Å². The molecule has 3 heterocycles. The fraction of sp³-hybridized carbons (Fsp3) is 0.545. The number of aromatic nitrogens is 1. The van der Waals surface area contributed by atoms with Crippen molar-refractivity contribution in [3.05, 3.63) is 52.7 Å². The first-order valence-corrected chi connectivity index (χ1v) is 19.5. The number of nitrogens with zero attached hydrogens (tertiary/aromatic N) is 4. The molecule has 1 N–H and O–H groups in total. The molecule has 0 radical (unpaired) electrons. The van der Waals surface area contributed by atoms with Crippen LogP contribution in [-0.2, 0) is 10.9 Å². The minimum atomic E-state index is -4.96. The smallest absolute Gasteiger partial charge is 0.417 e. The van der Waals surface area contributed by atoms with E-state index in [1.54, 1.807) is 25.7 Å². The number of halogens is 5. The Labute approximate surface area is 279 Å². The van der Waals surface area contributed by atoms with E-state index >= 15 is 8.78 Å². The molecule has 2 aliphatic rings. The average Bonchev–Trinajstić information content (AvgIpc) is 3.44. The molecule has 1 unspecified atom stereocenters. The molecular weight excluding hydrogens is 653 g/mol. The number of amides is 2. The van der Waals surface area contributed by atoms with Gasteiger partial charge in [0.15, 0.2) is 5.82 Å². The van der Waals surface area contributed by atoms with Gasteiger partial charge in [0.25, 0.3) is 5.91 Å². The highest BCUT2D eigenvalue weighted by molar-refractivity contribution is 6.76. The lowest BCUT2D eigenvalue weighted by Gasteiger charge is -2.40. The Morgan fingerprint density at radius 1 is 1.10 bits per heavy atom. The van der Waals surface area contributed by atoms with Gasteiger partial charge in [-0.1, -0.05) is 25.7 Å². The summed E-state index contributed by atoms with van der Waals surface area (Å²) < 4.78 is 86.0. The van der Waals surface area contributed by atoms with Crippen LogP contribution in [0.2, 0.25) is 25.7 Å². The molecule has 1 fully saturated rings. The molecule has 4 rings (SSSR count). The summed E-state index contributed by atoms with van der Waals surface area (Å²) in [4.78, 5) is 35.2. The highest BCUT2D eigenvalue weighted by Gasteiger charge is 2.38. The highest BCUT2D eigenvalue weighted by atomic mass is 28.3. The summed E-state index contributed by atoms with van der Waals surface area (Å²) >= 11 is 0. The molecule has 0 aliphatic carbocycles. The number of alkyl halides is 3. The Bertz CT molecular complexity index is 1570. The second kappa shape index (κ2) is 14.0. The van der Waals surface area contributed by atoms with Crippen molar-refractivity contribution in [2.75, 3.05) is 56.6 Å². The zero-order chi connectivity index (χ0) is 35.8. The molecular formula is C33H44F5N5O4Si. The minimum absolute atomic E-state index is 0.0162. The van der Waals surface area contributed by atoms with Crippen molar-refractivity contribution in [3.63, 3.8) is 0 Å². The van der Waals surface area contributed by atoms with Gasteiger partial charge in [-0.2, -0.15) is 13.2 Å².